The molecule has 3 nitrogen and oxygen atoms in total. The van der Waals surface area contributed by atoms with Gasteiger partial charge in [0.05, 0.1) is 5.69 Å². The number of hydrogen-bond acceptors (Lipinski definition) is 2. The number of pyridine rings is 1. The molecule has 1 heterocycles. The third-order valence-corrected chi connectivity index (χ3v) is 1.77. The van der Waals surface area contributed by atoms with Gasteiger partial charge in [-0.15, -0.1) is 11.6 Å². The highest BCUT2D eigenvalue weighted by molar-refractivity contribution is 6.17. The highest BCUT2D eigenvalue weighted by Gasteiger charge is 2.02. The molecule has 0 aliphatic carbocycles. The lowest BCUT2D eigenvalue weighted by Gasteiger charge is -1.95. The number of carboxylic acid groups (broad SMARTS) is 1. The molecule has 74 valence electrons. The van der Waals surface area contributed by atoms with Gasteiger partial charge in [0.15, 0.2) is 0 Å². The van der Waals surface area contributed by atoms with Gasteiger partial charge < -0.3 is 5.11 Å². The van der Waals surface area contributed by atoms with Gasteiger partial charge in [0.2, 0.25) is 0 Å². The molecule has 0 amide bonds. The molecule has 14 heavy (non-hydrogen) atoms. The van der Waals surface area contributed by atoms with Crippen LogP contribution in [0.3, 0.4) is 0 Å². The van der Waals surface area contributed by atoms with Crippen molar-refractivity contribution in [3.05, 3.63) is 35.7 Å². The van der Waals surface area contributed by atoms with Gasteiger partial charge in [0, 0.05) is 5.88 Å². The van der Waals surface area contributed by atoms with Crippen LogP contribution in [-0.4, -0.2) is 21.9 Å². The van der Waals surface area contributed by atoms with E-state index in [-0.39, 0.29) is 5.69 Å². The molecule has 1 rings (SSSR count). The standard InChI is InChI=1S/C10H10ClNO2/c11-7-2-1-4-8-5-3-6-9(12-8)10(13)14/h1,3-6H,2,7H2,(H,13,14). The van der Waals surface area contributed by atoms with Gasteiger partial charge >= 0.3 is 5.97 Å². The summed E-state index contributed by atoms with van der Waals surface area (Å²) >= 11 is 5.48. The topological polar surface area (TPSA) is 50.2 Å². The van der Waals surface area contributed by atoms with Crippen molar-refractivity contribution >= 4 is 23.6 Å². The number of alkyl halides is 1. The summed E-state index contributed by atoms with van der Waals surface area (Å²) in [6, 6.07) is 4.87. The zero-order valence-corrected chi connectivity index (χ0v) is 8.24. The molecule has 0 radical (unpaired) electrons. The van der Waals surface area contributed by atoms with Crippen molar-refractivity contribution in [1.82, 2.24) is 4.98 Å². The van der Waals surface area contributed by atoms with Crippen LogP contribution in [0.2, 0.25) is 0 Å². The van der Waals surface area contributed by atoms with E-state index in [9.17, 15) is 4.79 Å². The first-order chi connectivity index (χ1) is 6.74. The molecular formula is C10H10ClNO2. The molecule has 0 bridgehead atoms. The molecule has 0 unspecified atom stereocenters. The predicted molar refractivity (Wildman–Crippen MR) is 55.6 cm³/mol. The first-order valence-corrected chi connectivity index (χ1v) is 4.70. The van der Waals surface area contributed by atoms with Crippen LogP contribution in [0.15, 0.2) is 24.3 Å². The monoisotopic (exact) mass is 211 g/mol. The van der Waals surface area contributed by atoms with Gasteiger partial charge in [-0.2, -0.15) is 0 Å². The third kappa shape index (κ3) is 3.18. The van der Waals surface area contributed by atoms with Crippen molar-refractivity contribution in [3.8, 4) is 0 Å². The van der Waals surface area contributed by atoms with Crippen molar-refractivity contribution in [1.29, 1.82) is 0 Å². The molecule has 0 saturated heterocycles. The Balaban J connectivity index is 2.78. The average Bonchev–Trinajstić information content (AvgIpc) is 2.19. The fourth-order valence-electron chi connectivity index (χ4n) is 0.930. The fourth-order valence-corrected chi connectivity index (χ4v) is 1.06. The van der Waals surface area contributed by atoms with Crippen LogP contribution in [0.1, 0.15) is 22.6 Å². The third-order valence-electron chi connectivity index (χ3n) is 1.55. The molecule has 4 heteroatoms. The minimum atomic E-state index is -1.02. The van der Waals surface area contributed by atoms with Crippen LogP contribution in [0.25, 0.3) is 6.08 Å². The first-order valence-electron chi connectivity index (χ1n) is 4.17. The lowest BCUT2D eigenvalue weighted by molar-refractivity contribution is 0.0690. The number of aromatic nitrogens is 1. The molecule has 0 atom stereocenters. The van der Waals surface area contributed by atoms with E-state index in [0.717, 1.165) is 6.42 Å². The van der Waals surface area contributed by atoms with Crippen molar-refractivity contribution in [2.45, 2.75) is 6.42 Å². The Morgan fingerprint density at radius 3 is 3.00 bits per heavy atom. The maximum atomic E-state index is 10.6. The maximum Gasteiger partial charge on any atom is 0.354 e. The van der Waals surface area contributed by atoms with Crippen LogP contribution < -0.4 is 0 Å². The second kappa shape index (κ2) is 5.40. The van der Waals surface area contributed by atoms with Gasteiger partial charge in [-0.25, -0.2) is 9.78 Å². The number of nitrogens with zero attached hydrogens (tertiary/aromatic N) is 1. The van der Waals surface area contributed by atoms with Crippen molar-refractivity contribution < 1.29 is 9.90 Å². The summed E-state index contributed by atoms with van der Waals surface area (Å²) in [5.74, 6) is -0.465. The van der Waals surface area contributed by atoms with Gasteiger partial charge in [-0.1, -0.05) is 12.1 Å². The summed E-state index contributed by atoms with van der Waals surface area (Å²) in [5, 5.41) is 8.67. The number of hydrogen-bond donors (Lipinski definition) is 1. The Bertz CT molecular complexity index is 350. The van der Waals surface area contributed by atoms with Crippen LogP contribution in [0.5, 0.6) is 0 Å². The van der Waals surface area contributed by atoms with E-state index in [1.54, 1.807) is 18.2 Å². The second-order valence-electron chi connectivity index (χ2n) is 2.63. The number of carbonyl (C=O) groups is 1. The Morgan fingerprint density at radius 2 is 2.36 bits per heavy atom. The minimum Gasteiger partial charge on any atom is -0.477 e. The summed E-state index contributed by atoms with van der Waals surface area (Å²) in [5.41, 5.74) is 0.688. The molecule has 0 aliphatic heterocycles. The molecule has 1 aromatic heterocycles. The average molecular weight is 212 g/mol. The molecule has 0 saturated carbocycles. The van der Waals surface area contributed by atoms with Crippen molar-refractivity contribution in [3.63, 3.8) is 0 Å². The molecule has 0 fully saturated rings. The van der Waals surface area contributed by atoms with Crippen molar-refractivity contribution in [2.75, 3.05) is 5.88 Å². The number of halogens is 1. The molecular weight excluding hydrogens is 202 g/mol. The number of allylic oxidation sites excluding steroid dienone is 1. The Morgan fingerprint density at radius 1 is 1.57 bits per heavy atom. The smallest absolute Gasteiger partial charge is 0.354 e. The molecule has 0 aliphatic rings. The normalized spacial score (nSPS) is 10.6. The zero-order chi connectivity index (χ0) is 10.4. The molecule has 0 aromatic carbocycles. The lowest BCUT2D eigenvalue weighted by Crippen LogP contribution is -2.00. The van der Waals surface area contributed by atoms with Crippen LogP contribution in [0, 0.1) is 0 Å². The van der Waals surface area contributed by atoms with E-state index in [1.165, 1.54) is 6.07 Å². The molecule has 0 spiro atoms. The van der Waals surface area contributed by atoms with Gasteiger partial charge in [-0.05, 0) is 24.6 Å². The van der Waals surface area contributed by atoms with E-state index in [1.807, 2.05) is 6.08 Å². The first kappa shape index (κ1) is 10.7. The van der Waals surface area contributed by atoms with Gasteiger partial charge in [0.1, 0.15) is 5.69 Å². The minimum absolute atomic E-state index is 0.0537. The van der Waals surface area contributed by atoms with E-state index < -0.39 is 5.97 Å². The summed E-state index contributed by atoms with van der Waals surface area (Å²) in [6.07, 6.45) is 4.37. The zero-order valence-electron chi connectivity index (χ0n) is 7.48. The summed E-state index contributed by atoms with van der Waals surface area (Å²) < 4.78 is 0. The van der Waals surface area contributed by atoms with E-state index >= 15 is 0 Å². The SMILES string of the molecule is O=C(O)c1cccc(C=CCCCl)n1. The Hall–Kier alpha value is -1.35. The molecule has 1 aromatic rings. The second-order valence-corrected chi connectivity index (χ2v) is 3.01. The highest BCUT2D eigenvalue weighted by Crippen LogP contribution is 2.02. The largest absolute Gasteiger partial charge is 0.477 e. The fraction of sp³-hybridized carbons (Fsp3) is 0.200. The maximum absolute atomic E-state index is 10.6. The van der Waals surface area contributed by atoms with E-state index in [4.69, 9.17) is 16.7 Å². The number of carboxylic acids is 1. The number of rotatable bonds is 4. The van der Waals surface area contributed by atoms with Gasteiger partial charge in [0.25, 0.3) is 0 Å². The van der Waals surface area contributed by atoms with Crippen LogP contribution in [-0.2, 0) is 0 Å². The Kier molecular flexibility index (Phi) is 4.13. The number of aromatic carboxylic acids is 1. The van der Waals surface area contributed by atoms with Crippen molar-refractivity contribution in [2.24, 2.45) is 0 Å². The summed E-state index contributed by atoms with van der Waals surface area (Å²) in [7, 11) is 0. The Labute approximate surface area is 87.0 Å². The molecule has 1 N–H and O–H groups in total. The van der Waals surface area contributed by atoms with E-state index in [0.29, 0.717) is 11.6 Å². The quantitative estimate of drug-likeness (QED) is 0.779. The lowest BCUT2D eigenvalue weighted by atomic mass is 10.2. The summed E-state index contributed by atoms with van der Waals surface area (Å²) in [4.78, 5) is 14.5. The van der Waals surface area contributed by atoms with Crippen LogP contribution >= 0.6 is 11.6 Å². The highest BCUT2D eigenvalue weighted by atomic mass is 35.5. The van der Waals surface area contributed by atoms with Gasteiger partial charge in [-0.3, -0.25) is 0 Å². The van der Waals surface area contributed by atoms with E-state index in [2.05, 4.69) is 4.98 Å². The summed E-state index contributed by atoms with van der Waals surface area (Å²) in [6.45, 7) is 0. The van der Waals surface area contributed by atoms with Crippen LogP contribution in [0.4, 0.5) is 0 Å². The predicted octanol–water partition coefficient (Wildman–Crippen LogP) is 2.42.